The minimum absolute atomic E-state index is 0.779. The Morgan fingerprint density at radius 2 is 1.85 bits per heavy atom. The lowest BCUT2D eigenvalue weighted by Gasteiger charge is -2.51. The van der Waals surface area contributed by atoms with Crippen molar-refractivity contribution in [2.75, 3.05) is 13.6 Å². The molecule has 2 saturated carbocycles. The van der Waals surface area contributed by atoms with Gasteiger partial charge in [-0.1, -0.05) is 25.8 Å². The predicted molar refractivity (Wildman–Crippen MR) is 86.7 cm³/mol. The number of hydrogen-bond donors (Lipinski definition) is 0. The number of piperidine rings is 1. The minimum atomic E-state index is 0.779. The molecule has 3 rings (SSSR count). The summed E-state index contributed by atoms with van der Waals surface area (Å²) in [6, 6.07) is 0.862. The summed E-state index contributed by atoms with van der Waals surface area (Å²) in [5.41, 5.74) is 0. The number of allylic oxidation sites excluding steroid dienone is 1. The van der Waals surface area contributed by atoms with Gasteiger partial charge in [0.1, 0.15) is 0 Å². The van der Waals surface area contributed by atoms with Crippen LogP contribution in [0.25, 0.3) is 0 Å². The number of rotatable bonds is 2. The van der Waals surface area contributed by atoms with Gasteiger partial charge < -0.3 is 4.90 Å². The van der Waals surface area contributed by atoms with E-state index in [-0.39, 0.29) is 0 Å². The third kappa shape index (κ3) is 2.58. The van der Waals surface area contributed by atoms with E-state index in [0.29, 0.717) is 0 Å². The third-order valence-corrected chi connectivity index (χ3v) is 6.85. The molecule has 6 unspecified atom stereocenters. The fourth-order valence-electron chi connectivity index (χ4n) is 5.78. The zero-order valence-electron chi connectivity index (χ0n) is 13.6. The molecule has 2 aliphatic carbocycles. The summed E-state index contributed by atoms with van der Waals surface area (Å²) in [5.74, 6) is 4.61. The van der Waals surface area contributed by atoms with Crippen molar-refractivity contribution in [1.82, 2.24) is 4.90 Å². The Kier molecular flexibility index (Phi) is 4.55. The molecule has 0 aromatic carbocycles. The van der Waals surface area contributed by atoms with Crippen LogP contribution in [-0.4, -0.2) is 24.5 Å². The van der Waals surface area contributed by atoms with E-state index < -0.39 is 0 Å². The van der Waals surface area contributed by atoms with Crippen LogP contribution in [0.4, 0.5) is 0 Å². The molecule has 0 aromatic rings. The molecule has 1 nitrogen and oxygen atoms in total. The van der Waals surface area contributed by atoms with E-state index in [1.165, 1.54) is 57.9 Å². The minimum Gasteiger partial charge on any atom is -0.303 e. The third-order valence-electron chi connectivity index (χ3n) is 6.85. The maximum absolute atomic E-state index is 4.23. The molecular weight excluding hydrogens is 242 g/mol. The van der Waals surface area contributed by atoms with Gasteiger partial charge in [0.15, 0.2) is 0 Å². The summed E-state index contributed by atoms with van der Waals surface area (Å²) in [6.45, 7) is 7.94. The van der Waals surface area contributed by atoms with Gasteiger partial charge in [-0.25, -0.2) is 0 Å². The molecule has 114 valence electrons. The molecule has 0 amide bonds. The van der Waals surface area contributed by atoms with E-state index in [1.54, 1.807) is 0 Å². The molecule has 0 spiro atoms. The summed E-state index contributed by atoms with van der Waals surface area (Å²) >= 11 is 0. The SMILES string of the molecule is C=CC1CC(CC)CCC2CCC3CCCN(C)C3C12. The Bertz CT molecular complexity index is 337. The standard InChI is InChI=1S/C19H33N/c1-4-14-8-9-16-10-11-17-7-6-12-20(3)19(17)18(16)15(5-2)13-14/h5,14-19H,2,4,6-13H2,1,3H3. The van der Waals surface area contributed by atoms with E-state index in [4.69, 9.17) is 0 Å². The van der Waals surface area contributed by atoms with Crippen LogP contribution >= 0.6 is 0 Å². The van der Waals surface area contributed by atoms with Crippen molar-refractivity contribution in [3.8, 4) is 0 Å². The van der Waals surface area contributed by atoms with Crippen LogP contribution in [0.3, 0.4) is 0 Å². The molecule has 1 aliphatic heterocycles. The smallest absolute Gasteiger partial charge is 0.0157 e. The molecule has 1 heterocycles. The lowest BCUT2D eigenvalue weighted by molar-refractivity contribution is -0.0119. The Morgan fingerprint density at radius 3 is 2.60 bits per heavy atom. The molecule has 0 radical (unpaired) electrons. The van der Waals surface area contributed by atoms with Gasteiger partial charge in [-0.05, 0) is 81.7 Å². The highest BCUT2D eigenvalue weighted by Crippen LogP contribution is 2.50. The quantitative estimate of drug-likeness (QED) is 0.658. The van der Waals surface area contributed by atoms with Gasteiger partial charge in [-0.3, -0.25) is 0 Å². The lowest BCUT2D eigenvalue weighted by atomic mass is 9.62. The van der Waals surface area contributed by atoms with Gasteiger partial charge in [0.25, 0.3) is 0 Å². The Balaban J connectivity index is 1.86. The second-order valence-corrected chi connectivity index (χ2v) is 7.78. The highest BCUT2D eigenvalue weighted by atomic mass is 15.1. The van der Waals surface area contributed by atoms with Crippen LogP contribution < -0.4 is 0 Å². The van der Waals surface area contributed by atoms with E-state index in [2.05, 4.69) is 31.5 Å². The first-order valence-corrected chi connectivity index (χ1v) is 9.07. The average molecular weight is 275 g/mol. The molecule has 0 bridgehead atoms. The van der Waals surface area contributed by atoms with Crippen LogP contribution in [0.5, 0.6) is 0 Å². The molecule has 1 saturated heterocycles. The second kappa shape index (κ2) is 6.22. The zero-order valence-corrected chi connectivity index (χ0v) is 13.6. The Morgan fingerprint density at radius 1 is 1.10 bits per heavy atom. The van der Waals surface area contributed by atoms with Crippen molar-refractivity contribution in [3.05, 3.63) is 12.7 Å². The summed E-state index contributed by atoms with van der Waals surface area (Å²) in [4.78, 5) is 2.72. The van der Waals surface area contributed by atoms with Gasteiger partial charge in [0.2, 0.25) is 0 Å². The van der Waals surface area contributed by atoms with Gasteiger partial charge >= 0.3 is 0 Å². The molecule has 0 aromatic heterocycles. The maximum Gasteiger partial charge on any atom is 0.0157 e. The van der Waals surface area contributed by atoms with Gasteiger partial charge in [0.05, 0.1) is 0 Å². The highest BCUT2D eigenvalue weighted by Gasteiger charge is 2.46. The fraction of sp³-hybridized carbons (Fsp3) is 0.895. The topological polar surface area (TPSA) is 3.24 Å². The number of nitrogens with zero attached hydrogens (tertiary/aromatic N) is 1. The molecule has 20 heavy (non-hydrogen) atoms. The fourth-order valence-corrected chi connectivity index (χ4v) is 5.78. The van der Waals surface area contributed by atoms with E-state index in [9.17, 15) is 0 Å². The zero-order chi connectivity index (χ0) is 14.1. The monoisotopic (exact) mass is 275 g/mol. The average Bonchev–Trinajstić information content (AvgIpc) is 2.66. The first-order chi connectivity index (χ1) is 9.74. The first kappa shape index (κ1) is 14.6. The summed E-state index contributed by atoms with van der Waals surface area (Å²) in [5, 5.41) is 0. The van der Waals surface area contributed by atoms with Crippen LogP contribution in [0.2, 0.25) is 0 Å². The van der Waals surface area contributed by atoms with Crippen molar-refractivity contribution in [2.45, 2.75) is 64.3 Å². The molecule has 6 atom stereocenters. The van der Waals surface area contributed by atoms with Crippen molar-refractivity contribution in [3.63, 3.8) is 0 Å². The first-order valence-electron chi connectivity index (χ1n) is 9.07. The summed E-state index contributed by atoms with van der Waals surface area (Å²) in [6.07, 6.45) is 14.0. The molecular formula is C19H33N. The van der Waals surface area contributed by atoms with Crippen molar-refractivity contribution < 1.29 is 0 Å². The van der Waals surface area contributed by atoms with Crippen LogP contribution in [0.1, 0.15) is 58.3 Å². The van der Waals surface area contributed by atoms with Gasteiger partial charge in [-0.2, -0.15) is 0 Å². The normalized spacial score (nSPS) is 46.1. The lowest BCUT2D eigenvalue weighted by Crippen LogP contribution is -2.53. The van der Waals surface area contributed by atoms with Crippen molar-refractivity contribution in [2.24, 2.45) is 29.6 Å². The summed E-state index contributed by atoms with van der Waals surface area (Å²) < 4.78 is 0. The molecule has 3 aliphatic rings. The number of likely N-dealkylation sites (tertiary alicyclic amines) is 1. The maximum atomic E-state index is 4.23. The van der Waals surface area contributed by atoms with Crippen LogP contribution in [-0.2, 0) is 0 Å². The van der Waals surface area contributed by atoms with E-state index >= 15 is 0 Å². The number of fused-ring (bicyclic) bond motifs is 3. The Hall–Kier alpha value is -0.300. The van der Waals surface area contributed by atoms with Gasteiger partial charge in [0, 0.05) is 6.04 Å². The van der Waals surface area contributed by atoms with Crippen LogP contribution in [0, 0.1) is 29.6 Å². The number of hydrogen-bond acceptors (Lipinski definition) is 1. The largest absolute Gasteiger partial charge is 0.303 e. The highest BCUT2D eigenvalue weighted by molar-refractivity contribution is 5.02. The molecule has 0 N–H and O–H groups in total. The molecule has 3 fully saturated rings. The Labute approximate surface area is 125 Å². The van der Waals surface area contributed by atoms with E-state index in [1.807, 2.05) is 0 Å². The van der Waals surface area contributed by atoms with E-state index in [0.717, 1.165) is 35.6 Å². The van der Waals surface area contributed by atoms with Crippen molar-refractivity contribution in [1.29, 1.82) is 0 Å². The van der Waals surface area contributed by atoms with Gasteiger partial charge in [-0.15, -0.1) is 6.58 Å². The predicted octanol–water partition coefficient (Wildman–Crippen LogP) is 4.74. The van der Waals surface area contributed by atoms with Crippen LogP contribution in [0.15, 0.2) is 12.7 Å². The molecule has 1 heteroatoms. The second-order valence-electron chi connectivity index (χ2n) is 7.78. The summed E-state index contributed by atoms with van der Waals surface area (Å²) in [7, 11) is 2.39. The van der Waals surface area contributed by atoms with Crippen molar-refractivity contribution >= 4 is 0 Å².